The summed E-state index contributed by atoms with van der Waals surface area (Å²) in [5.74, 6) is 3.96. The van der Waals surface area contributed by atoms with E-state index in [0.29, 0.717) is 26.4 Å². The SMILES string of the molecule is Cc1cccc2c1C1(CO2)COc2cccc(P)c21.Pc1cccc2c1C1(CO2)COc2cccc(P)c21.[Ar].[Ar].[Ar].[Ar].[Ar].[Ar]. The van der Waals surface area contributed by atoms with E-state index in [-0.39, 0.29) is 237 Å². The van der Waals surface area contributed by atoms with Crippen molar-refractivity contribution >= 4 is 43.6 Å². The molecule has 0 bridgehead atoms. The Morgan fingerprint density at radius 2 is 0.705 bits per heavy atom. The first-order valence-corrected chi connectivity index (χ1v) is 14.5. The molecule has 240 valence electrons. The van der Waals surface area contributed by atoms with Crippen LogP contribution in [0.25, 0.3) is 0 Å². The van der Waals surface area contributed by atoms with Crippen LogP contribution >= 0.6 is 27.7 Å². The van der Waals surface area contributed by atoms with E-state index < -0.39 is 0 Å². The van der Waals surface area contributed by atoms with Crippen LogP contribution in [0.5, 0.6) is 23.0 Å². The van der Waals surface area contributed by atoms with Crippen LogP contribution in [-0.4, -0.2) is 26.4 Å². The van der Waals surface area contributed by atoms with Crippen LogP contribution in [-0.2, 0) is 10.8 Å². The Bertz CT molecular complexity index is 1390. The summed E-state index contributed by atoms with van der Waals surface area (Å²) < 4.78 is 23.7. The molecular weight excluding hydrogens is 769 g/mol. The minimum Gasteiger partial charge on any atom is -0.492 e. The van der Waals surface area contributed by atoms with Crippen molar-refractivity contribution in [3.63, 3.8) is 0 Å². The summed E-state index contributed by atoms with van der Waals surface area (Å²) in [6, 6.07) is 24.8. The van der Waals surface area contributed by atoms with Gasteiger partial charge in [-0.2, -0.15) is 0 Å². The standard InChI is InChI=1S/C16H15O2P.C15H14O2P2.6Ar/c1-10-4-2-5-11-14(10)16(8-17-11)9-18-12-6-3-7-13(19)15(12)16;18-11-5-1-3-9-13(11)15(7-16-9)8-17-10-4-2-6-12(19)14(10)15;;;;;;/h2-7H,8-9,19H2,1H3;1-6H,7-8,18-19H2;;;;;;. The first-order chi connectivity index (χ1) is 18.4. The second-order valence-corrected chi connectivity index (χ2v) is 12.3. The van der Waals surface area contributed by atoms with Crippen LogP contribution in [0.1, 0.15) is 27.8 Å². The van der Waals surface area contributed by atoms with E-state index in [9.17, 15) is 0 Å². The summed E-state index contributed by atoms with van der Waals surface area (Å²) in [5.41, 5.74) is 6.08. The smallest absolute Gasteiger partial charge is 0.124 e. The van der Waals surface area contributed by atoms with Gasteiger partial charge in [-0.25, -0.2) is 0 Å². The molecule has 4 heterocycles. The number of rotatable bonds is 0. The molecule has 0 N–H and O–H groups in total. The van der Waals surface area contributed by atoms with Crippen molar-refractivity contribution in [3.05, 3.63) is 101 Å². The van der Waals surface area contributed by atoms with Crippen LogP contribution in [0.3, 0.4) is 0 Å². The minimum absolute atomic E-state index is 0. The predicted molar refractivity (Wildman–Crippen MR) is 162 cm³/mol. The van der Waals surface area contributed by atoms with Gasteiger partial charge >= 0.3 is 0 Å². The monoisotopic (exact) mass is 798 g/mol. The summed E-state index contributed by atoms with van der Waals surface area (Å²) in [5, 5.41) is 3.59. The summed E-state index contributed by atoms with van der Waals surface area (Å²) in [6.07, 6.45) is 0. The summed E-state index contributed by atoms with van der Waals surface area (Å²) >= 11 is 0. The molecule has 2 spiro atoms. The first-order valence-electron chi connectivity index (χ1n) is 12.7. The van der Waals surface area contributed by atoms with Crippen molar-refractivity contribution < 1.29 is 245 Å². The number of aryl methyl sites for hydroxylation is 1. The number of benzene rings is 4. The molecule has 0 fully saturated rings. The molecule has 4 atom stereocenters. The van der Waals surface area contributed by atoms with Crippen LogP contribution in [0.4, 0.5) is 0 Å². The van der Waals surface area contributed by atoms with Crippen molar-refractivity contribution in [3.8, 4) is 23.0 Å². The van der Waals surface area contributed by atoms with Gasteiger partial charge in [-0.05, 0) is 52.7 Å². The quantitative estimate of drug-likeness (QED) is 0.249. The molecule has 0 radical (unpaired) electrons. The summed E-state index contributed by atoms with van der Waals surface area (Å²) in [6.45, 7) is 4.81. The zero-order valence-electron chi connectivity index (χ0n) is 23.2. The van der Waals surface area contributed by atoms with Crippen LogP contribution in [0, 0.1) is 233 Å². The average molecular weight is 798 g/mol. The molecular formula is C31H29Ar6O4P3. The third-order valence-corrected chi connectivity index (χ3v) is 9.66. The van der Waals surface area contributed by atoms with Crippen LogP contribution < -0.4 is 34.9 Å². The third-order valence-electron chi connectivity index (χ3n) is 8.22. The van der Waals surface area contributed by atoms with Crippen molar-refractivity contribution in [2.24, 2.45) is 0 Å². The van der Waals surface area contributed by atoms with Gasteiger partial charge in [-0.1, -0.05) is 48.5 Å². The second kappa shape index (κ2) is 19.8. The van der Waals surface area contributed by atoms with Gasteiger partial charge in [0.25, 0.3) is 0 Å². The molecule has 4 aromatic carbocycles. The molecule has 4 aromatic rings. The van der Waals surface area contributed by atoms with Crippen molar-refractivity contribution in [2.45, 2.75) is 17.8 Å². The summed E-state index contributed by atoms with van der Waals surface area (Å²) in [4.78, 5) is 0. The fourth-order valence-corrected chi connectivity index (χ4v) is 8.22. The molecule has 4 aliphatic heterocycles. The fraction of sp³-hybridized carbons (Fsp3) is 0.226. The Balaban J connectivity index is 0.000000387. The van der Waals surface area contributed by atoms with Gasteiger partial charge in [0.2, 0.25) is 0 Å². The van der Waals surface area contributed by atoms with Crippen molar-refractivity contribution in [1.29, 1.82) is 0 Å². The second-order valence-electron chi connectivity index (χ2n) is 10.4. The normalized spacial score (nSPS) is 17.5. The molecule has 8 rings (SSSR count). The van der Waals surface area contributed by atoms with Crippen LogP contribution in [0.2, 0.25) is 0 Å². The van der Waals surface area contributed by atoms with E-state index in [1.165, 1.54) is 43.7 Å². The zero-order chi connectivity index (χ0) is 26.1. The van der Waals surface area contributed by atoms with E-state index in [2.05, 4.69) is 71.0 Å². The van der Waals surface area contributed by atoms with Crippen molar-refractivity contribution in [2.75, 3.05) is 26.4 Å². The zero-order valence-corrected chi connectivity index (χ0v) is 30.9. The van der Waals surface area contributed by atoms with Gasteiger partial charge in [0.05, 0.1) is 10.8 Å². The molecule has 0 aromatic heterocycles. The third kappa shape index (κ3) is 8.34. The van der Waals surface area contributed by atoms with Gasteiger partial charge in [0.1, 0.15) is 49.4 Å². The Hall–Kier alpha value is 4.93. The minimum atomic E-state index is -0.151. The van der Waals surface area contributed by atoms with E-state index in [1.807, 2.05) is 36.4 Å². The Morgan fingerprint density at radius 1 is 0.432 bits per heavy atom. The van der Waals surface area contributed by atoms with Gasteiger partial charge in [0, 0.05) is 249 Å². The van der Waals surface area contributed by atoms with E-state index in [0.717, 1.165) is 23.0 Å². The molecule has 0 aliphatic carbocycles. The molecule has 4 aliphatic rings. The van der Waals surface area contributed by atoms with Crippen LogP contribution in [0.15, 0.2) is 72.8 Å². The van der Waals surface area contributed by atoms with Gasteiger partial charge in [-0.15, -0.1) is 27.7 Å². The predicted octanol–water partition coefficient (Wildman–Crippen LogP) is 4.32. The summed E-state index contributed by atoms with van der Waals surface area (Å²) in [7, 11) is 8.48. The van der Waals surface area contributed by atoms with Gasteiger partial charge in [0.15, 0.2) is 0 Å². The Kier molecular flexibility index (Phi) is 21.2. The molecule has 0 amide bonds. The number of hydrogen-bond donors (Lipinski definition) is 0. The first kappa shape index (κ1) is 46.9. The fourth-order valence-electron chi connectivity index (χ4n) is 6.63. The Morgan fingerprint density at radius 3 is 1.05 bits per heavy atom. The molecule has 4 nitrogen and oxygen atoms in total. The maximum atomic E-state index is 5.94. The maximum Gasteiger partial charge on any atom is 0.124 e. The van der Waals surface area contributed by atoms with E-state index in [4.69, 9.17) is 18.9 Å². The molecule has 0 saturated heterocycles. The molecule has 4 unspecified atom stereocenters. The number of hydrogen-bond acceptors (Lipinski definition) is 4. The van der Waals surface area contributed by atoms with Gasteiger partial charge < -0.3 is 18.9 Å². The van der Waals surface area contributed by atoms with E-state index in [1.54, 1.807) is 0 Å². The number of ether oxygens (including phenoxy) is 4. The molecule has 44 heavy (non-hydrogen) atoms. The van der Waals surface area contributed by atoms with E-state index >= 15 is 0 Å². The van der Waals surface area contributed by atoms with Gasteiger partial charge in [-0.3, -0.25) is 0 Å². The maximum absolute atomic E-state index is 5.94. The molecule has 0 saturated carbocycles. The number of fused-ring (bicyclic) bond motifs is 8. The largest absolute Gasteiger partial charge is 0.492 e. The topological polar surface area (TPSA) is 36.9 Å². The van der Waals surface area contributed by atoms with Crippen molar-refractivity contribution in [1.82, 2.24) is 0 Å². The Labute approximate surface area is 446 Å². The average Bonchev–Trinajstić information content (AvgIpc) is 3.68. The molecule has 13 heteroatoms.